The van der Waals surface area contributed by atoms with Crippen molar-refractivity contribution in [3.63, 3.8) is 0 Å². The summed E-state index contributed by atoms with van der Waals surface area (Å²) in [6.07, 6.45) is 9.90. The van der Waals surface area contributed by atoms with Gasteiger partial charge in [0, 0.05) is 51.4 Å². The second kappa shape index (κ2) is 9.31. The molecule has 6 heteroatoms. The summed E-state index contributed by atoms with van der Waals surface area (Å²) in [4.78, 5) is 26.0. The molecule has 0 aromatic carbocycles. The molecule has 6 nitrogen and oxygen atoms in total. The summed E-state index contributed by atoms with van der Waals surface area (Å²) in [5.74, 6) is 1.23. The molecule has 1 saturated carbocycles. The number of carbonyl (C=O) groups is 1. The van der Waals surface area contributed by atoms with Crippen molar-refractivity contribution < 1.29 is 4.79 Å². The molecule has 26 heavy (non-hydrogen) atoms. The molecule has 144 valence electrons. The van der Waals surface area contributed by atoms with E-state index in [9.17, 15) is 4.79 Å². The average molecular weight is 360 g/mol. The van der Waals surface area contributed by atoms with Crippen molar-refractivity contribution >= 4 is 11.7 Å². The van der Waals surface area contributed by atoms with Crippen LogP contribution in [0.3, 0.4) is 0 Å². The van der Waals surface area contributed by atoms with Crippen LogP contribution in [0.1, 0.15) is 56.3 Å². The van der Waals surface area contributed by atoms with Gasteiger partial charge < -0.3 is 10.2 Å². The van der Waals surface area contributed by atoms with Gasteiger partial charge >= 0.3 is 0 Å². The minimum absolute atomic E-state index is 0.222. The van der Waals surface area contributed by atoms with E-state index < -0.39 is 0 Å². The van der Waals surface area contributed by atoms with Gasteiger partial charge in [-0.2, -0.15) is 0 Å². The third kappa shape index (κ3) is 5.40. The second-order valence-electron chi connectivity index (χ2n) is 7.76. The van der Waals surface area contributed by atoms with Crippen LogP contribution in [-0.2, 0) is 4.79 Å². The molecule has 1 aromatic rings. The van der Waals surface area contributed by atoms with E-state index in [4.69, 9.17) is 0 Å². The number of rotatable bonds is 5. The predicted molar refractivity (Wildman–Crippen MR) is 104 cm³/mol. The monoisotopic (exact) mass is 359 g/mol. The lowest BCUT2D eigenvalue weighted by Crippen LogP contribution is -2.48. The van der Waals surface area contributed by atoms with Crippen LogP contribution < -0.4 is 10.2 Å². The van der Waals surface area contributed by atoms with Crippen molar-refractivity contribution in [2.24, 2.45) is 0 Å². The zero-order chi connectivity index (χ0) is 18.4. The minimum Gasteiger partial charge on any atom is -0.353 e. The van der Waals surface area contributed by atoms with Gasteiger partial charge in [0.05, 0.1) is 11.4 Å². The van der Waals surface area contributed by atoms with E-state index in [-0.39, 0.29) is 5.91 Å². The molecule has 3 rings (SSSR count). The zero-order valence-electron chi connectivity index (χ0n) is 16.3. The third-order valence-corrected chi connectivity index (χ3v) is 5.60. The fraction of sp³-hybridized carbons (Fsp3) is 0.750. The van der Waals surface area contributed by atoms with Gasteiger partial charge in [-0.1, -0.05) is 25.7 Å². The number of aromatic nitrogens is 2. The van der Waals surface area contributed by atoms with Crippen molar-refractivity contribution in [1.29, 1.82) is 0 Å². The van der Waals surface area contributed by atoms with Crippen LogP contribution in [0.15, 0.2) is 6.20 Å². The number of nitrogens with zero attached hydrogens (tertiary/aromatic N) is 4. The number of piperazine rings is 1. The molecular formula is C20H33N5O. The summed E-state index contributed by atoms with van der Waals surface area (Å²) in [6, 6.07) is 0.407. The van der Waals surface area contributed by atoms with Gasteiger partial charge in [-0.15, -0.1) is 0 Å². The van der Waals surface area contributed by atoms with Gasteiger partial charge in [0.2, 0.25) is 5.91 Å². The van der Waals surface area contributed by atoms with Gasteiger partial charge in [-0.05, 0) is 26.7 Å². The molecule has 0 atom stereocenters. The summed E-state index contributed by atoms with van der Waals surface area (Å²) in [6.45, 7) is 8.71. The van der Waals surface area contributed by atoms with Crippen LogP contribution in [0, 0.1) is 13.8 Å². The van der Waals surface area contributed by atoms with Crippen molar-refractivity contribution in [3.05, 3.63) is 17.6 Å². The Labute approximate surface area is 157 Å². The number of carbonyl (C=O) groups excluding carboxylic acids is 1. The van der Waals surface area contributed by atoms with E-state index in [2.05, 4.69) is 25.1 Å². The Morgan fingerprint density at radius 3 is 2.50 bits per heavy atom. The highest BCUT2D eigenvalue weighted by Gasteiger charge is 2.21. The Morgan fingerprint density at radius 1 is 1.12 bits per heavy atom. The van der Waals surface area contributed by atoms with Crippen LogP contribution >= 0.6 is 0 Å². The molecule has 0 unspecified atom stereocenters. The van der Waals surface area contributed by atoms with Crippen molar-refractivity contribution in [1.82, 2.24) is 20.2 Å². The largest absolute Gasteiger partial charge is 0.353 e. The molecule has 1 saturated heterocycles. The molecule has 1 aromatic heterocycles. The van der Waals surface area contributed by atoms with E-state index in [0.717, 1.165) is 62.8 Å². The highest BCUT2D eigenvalue weighted by molar-refractivity contribution is 5.76. The molecular weight excluding hydrogens is 326 g/mol. The zero-order valence-corrected chi connectivity index (χ0v) is 16.3. The van der Waals surface area contributed by atoms with E-state index in [0.29, 0.717) is 12.5 Å². The van der Waals surface area contributed by atoms with Gasteiger partial charge in [0.15, 0.2) is 0 Å². The summed E-state index contributed by atoms with van der Waals surface area (Å²) in [5, 5.41) is 3.25. The van der Waals surface area contributed by atoms with E-state index >= 15 is 0 Å². The number of anilines is 1. The average Bonchev–Trinajstić information content (AvgIpc) is 2.91. The Morgan fingerprint density at radius 2 is 1.81 bits per heavy atom. The van der Waals surface area contributed by atoms with Crippen LogP contribution in [0.5, 0.6) is 0 Å². The lowest BCUT2D eigenvalue weighted by Gasteiger charge is -2.35. The molecule has 2 aliphatic rings. The van der Waals surface area contributed by atoms with Crippen molar-refractivity contribution in [3.8, 4) is 0 Å². The maximum absolute atomic E-state index is 12.3. The van der Waals surface area contributed by atoms with Gasteiger partial charge in [0.1, 0.15) is 5.82 Å². The highest BCUT2D eigenvalue weighted by atomic mass is 16.1. The third-order valence-electron chi connectivity index (χ3n) is 5.60. The molecule has 2 heterocycles. The van der Waals surface area contributed by atoms with Gasteiger partial charge in [-0.25, -0.2) is 4.98 Å². The molecule has 0 bridgehead atoms. The van der Waals surface area contributed by atoms with Crippen LogP contribution in [0.2, 0.25) is 0 Å². The van der Waals surface area contributed by atoms with Gasteiger partial charge in [-0.3, -0.25) is 14.7 Å². The lowest BCUT2D eigenvalue weighted by atomic mass is 10.1. The first-order chi connectivity index (χ1) is 12.6. The van der Waals surface area contributed by atoms with Crippen LogP contribution in [-0.4, -0.2) is 59.5 Å². The smallest absolute Gasteiger partial charge is 0.221 e. The van der Waals surface area contributed by atoms with Crippen molar-refractivity contribution in [2.45, 2.75) is 64.8 Å². The fourth-order valence-electron chi connectivity index (χ4n) is 3.99. The second-order valence-corrected chi connectivity index (χ2v) is 7.76. The number of nitrogens with one attached hydrogen (secondary N) is 1. The van der Waals surface area contributed by atoms with E-state index in [1.807, 2.05) is 20.0 Å². The Balaban J connectivity index is 1.39. The lowest BCUT2D eigenvalue weighted by molar-refractivity contribution is -0.122. The first-order valence-corrected chi connectivity index (χ1v) is 10.2. The maximum atomic E-state index is 12.3. The number of hydrogen-bond donors (Lipinski definition) is 1. The molecule has 0 spiro atoms. The number of aryl methyl sites for hydroxylation is 2. The molecule has 1 aliphatic carbocycles. The quantitative estimate of drug-likeness (QED) is 0.818. The van der Waals surface area contributed by atoms with Gasteiger partial charge in [0.25, 0.3) is 0 Å². The Bertz CT molecular complexity index is 590. The molecule has 0 radical (unpaired) electrons. The summed E-state index contributed by atoms with van der Waals surface area (Å²) >= 11 is 0. The molecule has 1 aliphatic heterocycles. The number of hydrogen-bond acceptors (Lipinski definition) is 5. The normalized spacial score (nSPS) is 20.0. The first-order valence-electron chi connectivity index (χ1n) is 10.2. The summed E-state index contributed by atoms with van der Waals surface area (Å²) in [5.41, 5.74) is 1.95. The Hall–Kier alpha value is -1.69. The fourth-order valence-corrected chi connectivity index (χ4v) is 3.99. The maximum Gasteiger partial charge on any atom is 0.221 e. The summed E-state index contributed by atoms with van der Waals surface area (Å²) < 4.78 is 0. The minimum atomic E-state index is 0.222. The Kier molecular flexibility index (Phi) is 6.83. The molecule has 1 N–H and O–H groups in total. The van der Waals surface area contributed by atoms with E-state index in [1.54, 1.807) is 0 Å². The van der Waals surface area contributed by atoms with Crippen molar-refractivity contribution in [2.75, 3.05) is 37.6 Å². The predicted octanol–water partition coefficient (Wildman–Crippen LogP) is 2.44. The SMILES string of the molecule is Cc1cnc(C)c(N2CCN(CCC(=O)NC3CCCCCC3)CC2)n1. The highest BCUT2D eigenvalue weighted by Crippen LogP contribution is 2.18. The molecule has 1 amide bonds. The summed E-state index contributed by atoms with van der Waals surface area (Å²) in [7, 11) is 0. The van der Waals surface area contributed by atoms with E-state index in [1.165, 1.54) is 25.7 Å². The van der Waals surface area contributed by atoms with Crippen LogP contribution in [0.25, 0.3) is 0 Å². The van der Waals surface area contributed by atoms with Crippen LogP contribution in [0.4, 0.5) is 5.82 Å². The topological polar surface area (TPSA) is 61.4 Å². The molecule has 2 fully saturated rings. The standard InChI is InChI=1S/C20H33N5O/c1-16-15-21-17(2)20(22-16)25-13-11-24(12-14-25)10-9-19(26)23-18-7-5-3-4-6-8-18/h15,18H,3-14H2,1-2H3,(H,23,26). The number of amides is 1. The first kappa shape index (κ1) is 19.1.